The van der Waals surface area contributed by atoms with E-state index in [4.69, 9.17) is 14.6 Å². The number of hydrazone groups is 1. The van der Waals surface area contributed by atoms with Gasteiger partial charge in [-0.25, -0.2) is 10.1 Å². The molecule has 7 nitrogen and oxygen atoms in total. The number of ether oxygens (including phenoxy) is 2. The fourth-order valence-electron chi connectivity index (χ4n) is 3.32. The number of rotatable bonds is 8. The molecule has 1 heterocycles. The first kappa shape index (κ1) is 21.8. The van der Waals surface area contributed by atoms with Gasteiger partial charge >= 0.3 is 0 Å². The molecule has 166 valence electrons. The number of para-hydroxylation sites is 2. The van der Waals surface area contributed by atoms with Gasteiger partial charge < -0.3 is 9.47 Å². The van der Waals surface area contributed by atoms with Crippen molar-refractivity contribution in [3.8, 4) is 28.4 Å². The van der Waals surface area contributed by atoms with Gasteiger partial charge in [0, 0.05) is 17.3 Å². The van der Waals surface area contributed by atoms with Crippen molar-refractivity contribution in [2.75, 3.05) is 13.7 Å². The van der Waals surface area contributed by atoms with Crippen LogP contribution in [0.25, 0.3) is 16.9 Å². The molecule has 0 aliphatic rings. The maximum Gasteiger partial charge on any atom is 0.275 e. The van der Waals surface area contributed by atoms with Crippen LogP contribution in [0.5, 0.6) is 11.5 Å². The molecule has 33 heavy (non-hydrogen) atoms. The molecule has 1 N–H and O–H groups in total. The summed E-state index contributed by atoms with van der Waals surface area (Å²) in [6, 6.07) is 24.5. The fourth-order valence-corrected chi connectivity index (χ4v) is 3.32. The first-order valence-electron chi connectivity index (χ1n) is 10.5. The molecule has 0 saturated heterocycles. The quantitative estimate of drug-likeness (QED) is 0.318. The highest BCUT2D eigenvalue weighted by Gasteiger charge is 2.13. The van der Waals surface area contributed by atoms with Crippen LogP contribution in [0.1, 0.15) is 22.8 Å². The van der Waals surface area contributed by atoms with E-state index in [1.165, 1.54) is 0 Å². The molecule has 1 amide bonds. The topological polar surface area (TPSA) is 77.7 Å². The van der Waals surface area contributed by atoms with Crippen molar-refractivity contribution in [2.45, 2.75) is 6.92 Å². The number of hydrogen-bond donors (Lipinski definition) is 1. The summed E-state index contributed by atoms with van der Waals surface area (Å²) in [6.45, 7) is 2.34. The van der Waals surface area contributed by atoms with Crippen LogP contribution in [0.4, 0.5) is 0 Å². The van der Waals surface area contributed by atoms with Crippen molar-refractivity contribution in [2.24, 2.45) is 5.10 Å². The number of amides is 1. The normalized spacial score (nSPS) is 10.8. The van der Waals surface area contributed by atoms with Gasteiger partial charge in [-0.05, 0) is 55.5 Å². The zero-order valence-electron chi connectivity index (χ0n) is 18.4. The standard InChI is InChI=1S/C26H24N4O3/c1-3-33-24-12-8-7-11-23(24)26(31)28-27-17-20-18-30(21-9-5-4-6-10-21)29-25(20)19-13-15-22(32-2)16-14-19/h4-18H,3H2,1-2H3,(H,28,31)/b27-17+. The summed E-state index contributed by atoms with van der Waals surface area (Å²) in [5, 5.41) is 8.94. The fraction of sp³-hybridized carbons (Fsp3) is 0.115. The summed E-state index contributed by atoms with van der Waals surface area (Å²) in [5.74, 6) is 0.928. The van der Waals surface area contributed by atoms with E-state index in [0.717, 1.165) is 28.3 Å². The van der Waals surface area contributed by atoms with Crippen LogP contribution in [0.3, 0.4) is 0 Å². The largest absolute Gasteiger partial charge is 0.497 e. The second-order valence-corrected chi connectivity index (χ2v) is 7.07. The monoisotopic (exact) mass is 440 g/mol. The zero-order valence-corrected chi connectivity index (χ0v) is 18.4. The number of nitrogens with one attached hydrogen (secondary N) is 1. The van der Waals surface area contributed by atoms with E-state index >= 15 is 0 Å². The van der Waals surface area contributed by atoms with E-state index in [-0.39, 0.29) is 5.91 Å². The Hall–Kier alpha value is -4.39. The van der Waals surface area contributed by atoms with E-state index in [1.807, 2.05) is 73.8 Å². The minimum absolute atomic E-state index is 0.350. The Morgan fingerprint density at radius 1 is 1.03 bits per heavy atom. The molecule has 0 atom stereocenters. The van der Waals surface area contributed by atoms with Crippen LogP contribution < -0.4 is 14.9 Å². The van der Waals surface area contributed by atoms with E-state index in [0.29, 0.717) is 17.9 Å². The number of methoxy groups -OCH3 is 1. The average molecular weight is 441 g/mol. The summed E-state index contributed by atoms with van der Waals surface area (Å²) >= 11 is 0. The molecule has 0 fully saturated rings. The first-order chi connectivity index (χ1) is 16.2. The van der Waals surface area contributed by atoms with E-state index in [2.05, 4.69) is 10.5 Å². The lowest BCUT2D eigenvalue weighted by Gasteiger charge is -2.08. The van der Waals surface area contributed by atoms with Crippen LogP contribution >= 0.6 is 0 Å². The van der Waals surface area contributed by atoms with Gasteiger partial charge in [-0.1, -0.05) is 30.3 Å². The van der Waals surface area contributed by atoms with E-state index in [1.54, 1.807) is 36.2 Å². The minimum Gasteiger partial charge on any atom is -0.497 e. The molecule has 0 saturated carbocycles. The van der Waals surface area contributed by atoms with Gasteiger partial charge in [0.1, 0.15) is 17.2 Å². The van der Waals surface area contributed by atoms with Gasteiger partial charge in [0.2, 0.25) is 0 Å². The Morgan fingerprint density at radius 2 is 1.76 bits per heavy atom. The maximum atomic E-state index is 12.6. The van der Waals surface area contributed by atoms with Gasteiger partial charge in [0.15, 0.2) is 0 Å². The van der Waals surface area contributed by atoms with Gasteiger partial charge in [-0.3, -0.25) is 4.79 Å². The number of nitrogens with zero attached hydrogens (tertiary/aromatic N) is 3. The van der Waals surface area contributed by atoms with E-state index < -0.39 is 0 Å². The third kappa shape index (κ3) is 5.10. The highest BCUT2D eigenvalue weighted by Crippen LogP contribution is 2.25. The predicted molar refractivity (Wildman–Crippen MR) is 128 cm³/mol. The molecule has 4 rings (SSSR count). The summed E-state index contributed by atoms with van der Waals surface area (Å²) in [7, 11) is 1.63. The molecule has 0 aliphatic heterocycles. The van der Waals surface area contributed by atoms with Gasteiger partial charge in [0.25, 0.3) is 5.91 Å². The third-order valence-corrected chi connectivity index (χ3v) is 4.93. The van der Waals surface area contributed by atoms with Gasteiger partial charge in [-0.15, -0.1) is 0 Å². The highest BCUT2D eigenvalue weighted by molar-refractivity contribution is 5.98. The second-order valence-electron chi connectivity index (χ2n) is 7.07. The lowest BCUT2D eigenvalue weighted by atomic mass is 10.1. The third-order valence-electron chi connectivity index (χ3n) is 4.93. The van der Waals surface area contributed by atoms with Gasteiger partial charge in [0.05, 0.1) is 31.2 Å². The van der Waals surface area contributed by atoms with Gasteiger partial charge in [-0.2, -0.15) is 10.2 Å². The minimum atomic E-state index is -0.350. The molecule has 0 radical (unpaired) electrons. The Morgan fingerprint density at radius 3 is 2.48 bits per heavy atom. The number of carbonyl (C=O) groups is 1. The molecular formula is C26H24N4O3. The smallest absolute Gasteiger partial charge is 0.275 e. The molecule has 1 aromatic heterocycles. The second kappa shape index (κ2) is 10.3. The lowest BCUT2D eigenvalue weighted by Crippen LogP contribution is -2.18. The Balaban J connectivity index is 1.62. The summed E-state index contributed by atoms with van der Waals surface area (Å²) in [4.78, 5) is 12.6. The SMILES string of the molecule is CCOc1ccccc1C(=O)N/N=C/c1cn(-c2ccccc2)nc1-c1ccc(OC)cc1. The molecular weight excluding hydrogens is 416 g/mol. The zero-order chi connectivity index (χ0) is 23.0. The number of carbonyl (C=O) groups excluding carboxylic acids is 1. The van der Waals surface area contributed by atoms with Crippen LogP contribution in [0, 0.1) is 0 Å². The first-order valence-corrected chi connectivity index (χ1v) is 10.5. The van der Waals surface area contributed by atoms with E-state index in [9.17, 15) is 4.79 Å². The molecule has 7 heteroatoms. The van der Waals surface area contributed by atoms with Crippen molar-refractivity contribution in [1.29, 1.82) is 0 Å². The number of hydrogen-bond acceptors (Lipinski definition) is 5. The Bertz CT molecular complexity index is 1250. The predicted octanol–water partition coefficient (Wildman–Crippen LogP) is 4.71. The molecule has 0 spiro atoms. The lowest BCUT2D eigenvalue weighted by molar-refractivity contribution is 0.0951. The van der Waals surface area contributed by atoms with Crippen LogP contribution in [0.2, 0.25) is 0 Å². The summed E-state index contributed by atoms with van der Waals surface area (Å²) in [5.41, 5.74) is 6.31. The van der Waals surface area contributed by atoms with Crippen molar-refractivity contribution in [1.82, 2.24) is 15.2 Å². The number of aromatic nitrogens is 2. The molecule has 3 aromatic carbocycles. The van der Waals surface area contributed by atoms with Crippen molar-refractivity contribution in [3.63, 3.8) is 0 Å². The molecule has 0 aliphatic carbocycles. The highest BCUT2D eigenvalue weighted by atomic mass is 16.5. The maximum absolute atomic E-state index is 12.6. The van der Waals surface area contributed by atoms with Crippen LogP contribution in [-0.2, 0) is 0 Å². The molecule has 4 aromatic rings. The Labute approximate surface area is 192 Å². The van der Waals surface area contributed by atoms with Crippen LogP contribution in [-0.4, -0.2) is 35.6 Å². The van der Waals surface area contributed by atoms with Crippen molar-refractivity contribution >= 4 is 12.1 Å². The summed E-state index contributed by atoms with van der Waals surface area (Å²) < 4.78 is 12.6. The van der Waals surface area contributed by atoms with Crippen LogP contribution in [0.15, 0.2) is 90.2 Å². The van der Waals surface area contributed by atoms with Crippen molar-refractivity contribution in [3.05, 3.63) is 96.2 Å². The number of benzene rings is 3. The average Bonchev–Trinajstić information content (AvgIpc) is 3.29. The summed E-state index contributed by atoms with van der Waals surface area (Å²) in [6.07, 6.45) is 3.46. The molecule has 0 bridgehead atoms. The Kier molecular flexibility index (Phi) is 6.80. The molecule has 0 unspecified atom stereocenters. The van der Waals surface area contributed by atoms with Crippen molar-refractivity contribution < 1.29 is 14.3 Å².